The largest absolute Gasteiger partial charge is 1.00 e. The van der Waals surface area contributed by atoms with Gasteiger partial charge in [-0.1, -0.05) is 10.3 Å². The first kappa shape index (κ1) is 14.0. The summed E-state index contributed by atoms with van der Waals surface area (Å²) in [4.78, 5) is 0. The van der Waals surface area contributed by atoms with Crippen LogP contribution < -0.4 is 33.2 Å². The smallest absolute Gasteiger partial charge is 0.268 e. The van der Waals surface area contributed by atoms with Crippen LogP contribution in [0.1, 0.15) is 25.7 Å². The molecule has 0 saturated carbocycles. The second kappa shape index (κ2) is 7.29. The van der Waals surface area contributed by atoms with E-state index in [1.165, 1.54) is 47.7 Å². The maximum atomic E-state index is 2.56. The highest BCUT2D eigenvalue weighted by Gasteiger charge is 2.11. The van der Waals surface area contributed by atoms with Crippen molar-refractivity contribution in [3.8, 4) is 0 Å². The molecule has 15 heavy (non-hydrogen) atoms. The van der Waals surface area contributed by atoms with Crippen LogP contribution in [0.2, 0.25) is 0 Å². The van der Waals surface area contributed by atoms with Gasteiger partial charge >= 0.3 is 0 Å². The number of hydrogen-bond acceptors (Lipinski definition) is 3. The van der Waals surface area contributed by atoms with Gasteiger partial charge in [0.1, 0.15) is 13.1 Å². The van der Waals surface area contributed by atoms with Gasteiger partial charge in [-0.15, -0.1) is 11.8 Å². The van der Waals surface area contributed by atoms with Crippen molar-refractivity contribution >= 4 is 32.4 Å². The normalized spacial score (nSPS) is 17.0. The quantitative estimate of drug-likeness (QED) is 0.287. The monoisotopic (exact) mass is 373 g/mol. The number of thioether (sulfide) groups is 1. The predicted octanol–water partition coefficient (Wildman–Crippen LogP) is -0.118. The Morgan fingerprint density at radius 2 is 1.80 bits per heavy atom. The summed E-state index contributed by atoms with van der Waals surface area (Å²) in [7, 11) is 3.85. The zero-order valence-corrected chi connectivity index (χ0v) is 13.5. The molecule has 1 aliphatic rings. The minimum absolute atomic E-state index is 0. The van der Waals surface area contributed by atoms with E-state index in [1.54, 1.807) is 0 Å². The molecule has 1 nitrogen and oxygen atoms in total. The fraction of sp³-hybridized carbons (Fsp3) is 0.700. The van der Waals surface area contributed by atoms with Crippen LogP contribution in [-0.4, -0.2) is 19.3 Å². The fourth-order valence-corrected chi connectivity index (χ4v) is 5.22. The van der Waals surface area contributed by atoms with Crippen molar-refractivity contribution in [2.45, 2.75) is 29.9 Å². The summed E-state index contributed by atoms with van der Waals surface area (Å²) in [5.74, 6) is 0. The molecule has 1 saturated heterocycles. The Bertz CT molecular complexity index is 346. The van der Waals surface area contributed by atoms with Gasteiger partial charge in [-0.2, -0.15) is 0 Å². The Morgan fingerprint density at radius 1 is 1.13 bits per heavy atom. The van der Waals surface area contributed by atoms with Gasteiger partial charge in [-0.3, -0.25) is 0 Å². The van der Waals surface area contributed by atoms with Crippen molar-refractivity contribution in [1.29, 1.82) is 0 Å². The van der Waals surface area contributed by atoms with E-state index >= 15 is 0 Å². The van der Waals surface area contributed by atoms with Crippen molar-refractivity contribution in [2.75, 3.05) is 19.3 Å². The molecule has 1 fully saturated rings. The zero-order chi connectivity index (χ0) is 9.80. The van der Waals surface area contributed by atoms with Gasteiger partial charge in [0, 0.05) is 18.9 Å². The zero-order valence-electron chi connectivity index (χ0n) is 8.87. The number of rotatable bonds is 1. The van der Waals surface area contributed by atoms with Crippen molar-refractivity contribution in [3.05, 3.63) is 10.7 Å². The minimum Gasteiger partial charge on any atom is -1.00 e. The first-order chi connectivity index (χ1) is 6.90. The van der Waals surface area contributed by atoms with E-state index < -0.39 is 0 Å². The summed E-state index contributed by atoms with van der Waals surface area (Å²) in [5, 5.41) is 0. The van der Waals surface area contributed by atoms with Crippen LogP contribution in [0.4, 0.5) is 0 Å². The predicted molar refractivity (Wildman–Crippen MR) is 67.4 cm³/mol. The van der Waals surface area contributed by atoms with Crippen LogP contribution in [0.3, 0.4) is 0 Å². The highest BCUT2D eigenvalue weighted by Crippen LogP contribution is 2.21. The van der Waals surface area contributed by atoms with Gasteiger partial charge in [0.2, 0.25) is 0 Å². The maximum absolute atomic E-state index is 2.56. The molecule has 0 spiro atoms. The van der Waals surface area contributed by atoms with Crippen molar-refractivity contribution < 1.29 is 24.0 Å². The van der Waals surface area contributed by atoms with E-state index in [1.807, 2.05) is 32.4 Å². The highest BCUT2D eigenvalue weighted by atomic mass is 127. The second-order valence-electron chi connectivity index (χ2n) is 3.57. The molecule has 0 atom stereocenters. The summed E-state index contributed by atoms with van der Waals surface area (Å²) >= 11 is 1.86. The summed E-state index contributed by atoms with van der Waals surface area (Å²) in [6, 6.07) is 2.35. The molecule has 1 aromatic rings. The lowest BCUT2D eigenvalue weighted by Gasteiger charge is -1.94. The first-order valence-electron chi connectivity index (χ1n) is 5.12. The van der Waals surface area contributed by atoms with E-state index in [2.05, 4.69) is 16.9 Å². The number of hydrogen-bond donors (Lipinski definition) is 0. The molecule has 1 aliphatic heterocycles. The molecular formula is C10H16INS3. The Morgan fingerprint density at radius 3 is 2.33 bits per heavy atom. The van der Waals surface area contributed by atoms with E-state index in [9.17, 15) is 0 Å². The molecule has 2 heterocycles. The molecule has 0 aliphatic carbocycles. The van der Waals surface area contributed by atoms with Gasteiger partial charge in [0.25, 0.3) is 4.67 Å². The summed E-state index contributed by atoms with van der Waals surface area (Å²) in [6.45, 7) is 2.53. The molecule has 0 radical (unpaired) electrons. The molecule has 1 aromatic heterocycles. The van der Waals surface area contributed by atoms with Gasteiger partial charge in [0.15, 0.2) is 0 Å². The lowest BCUT2D eigenvalue weighted by Crippen LogP contribution is -3.00. The van der Waals surface area contributed by atoms with Crippen molar-refractivity contribution in [3.63, 3.8) is 0 Å². The molecule has 5 heteroatoms. The molecule has 0 bridgehead atoms. The Hall–Kier alpha value is 0.930. The SMILES string of the molecule is CSc1cc(=[N+]2CCCCCC2)ss1.[I-]. The van der Waals surface area contributed by atoms with E-state index in [0.29, 0.717) is 0 Å². The summed E-state index contributed by atoms with van der Waals surface area (Å²) < 4.78 is 5.50. The fourth-order valence-electron chi connectivity index (χ4n) is 1.76. The van der Waals surface area contributed by atoms with Gasteiger partial charge in [-0.25, -0.2) is 4.58 Å². The second-order valence-corrected chi connectivity index (χ2v) is 6.87. The molecule has 0 N–H and O–H groups in total. The van der Waals surface area contributed by atoms with Crippen molar-refractivity contribution in [1.82, 2.24) is 4.58 Å². The molecule has 86 valence electrons. The average molecular weight is 373 g/mol. The number of nitrogens with zero attached hydrogens (tertiary/aromatic N) is 1. The van der Waals surface area contributed by atoms with Crippen LogP contribution in [-0.2, 0) is 0 Å². The van der Waals surface area contributed by atoms with Gasteiger partial charge in [0.05, 0.1) is 4.21 Å². The third kappa shape index (κ3) is 4.02. The van der Waals surface area contributed by atoms with Gasteiger partial charge < -0.3 is 24.0 Å². The maximum Gasteiger partial charge on any atom is 0.268 e. The van der Waals surface area contributed by atoms with Crippen LogP contribution in [0.5, 0.6) is 0 Å². The molecule has 2 rings (SSSR count). The molecule has 0 unspecified atom stereocenters. The lowest BCUT2D eigenvalue weighted by atomic mass is 10.2. The Kier molecular flexibility index (Phi) is 6.80. The van der Waals surface area contributed by atoms with Crippen molar-refractivity contribution in [2.24, 2.45) is 0 Å². The van der Waals surface area contributed by atoms with E-state index in [0.717, 1.165) is 0 Å². The Balaban J connectivity index is 0.00000112. The Labute approximate surface area is 120 Å². The number of halogens is 1. The first-order valence-corrected chi connectivity index (χ1v) is 8.50. The molecule has 0 amide bonds. The summed E-state index contributed by atoms with van der Waals surface area (Å²) in [5.41, 5.74) is 0. The molecule has 0 aromatic carbocycles. The van der Waals surface area contributed by atoms with E-state index in [-0.39, 0.29) is 24.0 Å². The third-order valence-electron chi connectivity index (χ3n) is 2.57. The van der Waals surface area contributed by atoms with Crippen LogP contribution in [0.15, 0.2) is 10.3 Å². The summed E-state index contributed by atoms with van der Waals surface area (Å²) in [6.07, 6.45) is 7.74. The molecular weight excluding hydrogens is 357 g/mol. The topological polar surface area (TPSA) is 3.01 Å². The lowest BCUT2D eigenvalue weighted by molar-refractivity contribution is -0.00000277. The van der Waals surface area contributed by atoms with Crippen LogP contribution >= 0.6 is 32.4 Å². The van der Waals surface area contributed by atoms with Crippen LogP contribution in [0, 0.1) is 0 Å². The minimum atomic E-state index is 0. The van der Waals surface area contributed by atoms with Crippen LogP contribution in [0.25, 0.3) is 0 Å². The van der Waals surface area contributed by atoms with E-state index in [4.69, 9.17) is 0 Å². The standard InChI is InChI=1S/C10H16NS3.HI/c1-12-10-8-9(13-14-10)11-6-4-2-3-5-7-11;/h8H,2-7H2,1H3;1H/q+1;/p-1. The van der Waals surface area contributed by atoms with Gasteiger partial charge in [-0.05, 0) is 29.4 Å². The highest BCUT2D eigenvalue weighted by molar-refractivity contribution is 8.02. The average Bonchev–Trinajstić information content (AvgIpc) is 2.53. The third-order valence-corrected chi connectivity index (χ3v) is 6.37.